The third kappa shape index (κ3) is 3.73. The van der Waals surface area contributed by atoms with E-state index in [4.69, 9.17) is 0 Å². The molecule has 16 heavy (non-hydrogen) atoms. The average Bonchev–Trinajstić information content (AvgIpc) is 2.09. The highest BCUT2D eigenvalue weighted by atomic mass is 31.2. The van der Waals surface area contributed by atoms with Crippen LogP contribution in [0.25, 0.3) is 0 Å². The van der Waals surface area contributed by atoms with Gasteiger partial charge in [-0.2, -0.15) is 0 Å². The van der Waals surface area contributed by atoms with Crippen molar-refractivity contribution in [3.05, 3.63) is 0 Å². The van der Waals surface area contributed by atoms with Crippen LogP contribution >= 0.6 is 7.26 Å². The van der Waals surface area contributed by atoms with Gasteiger partial charge in [0.1, 0.15) is 0 Å². The third-order valence-corrected chi connectivity index (χ3v) is 9.79. The van der Waals surface area contributed by atoms with Gasteiger partial charge in [0.05, 0.1) is 18.0 Å². The Morgan fingerprint density at radius 1 is 0.875 bits per heavy atom. The highest BCUT2D eigenvalue weighted by Crippen LogP contribution is 2.64. The Labute approximate surface area is 104 Å². The van der Waals surface area contributed by atoms with Gasteiger partial charge in [0.25, 0.3) is 0 Å². The maximum Gasteiger partial charge on any atom is 0.0638 e. The maximum atomic E-state index is 2.62. The van der Waals surface area contributed by atoms with Crippen molar-refractivity contribution in [3.8, 4) is 0 Å². The van der Waals surface area contributed by atoms with Gasteiger partial charge in [0.2, 0.25) is 0 Å². The molecule has 1 heterocycles. The zero-order chi connectivity index (χ0) is 12.6. The molecule has 1 fully saturated rings. The molecule has 96 valence electrons. The lowest BCUT2D eigenvalue weighted by Gasteiger charge is -2.41. The molecule has 0 unspecified atom stereocenters. The van der Waals surface area contributed by atoms with E-state index in [9.17, 15) is 0 Å². The van der Waals surface area contributed by atoms with E-state index in [1.165, 1.54) is 31.6 Å². The summed E-state index contributed by atoms with van der Waals surface area (Å²) >= 11 is 0. The Balaban J connectivity index is 2.85. The van der Waals surface area contributed by atoms with Crippen molar-refractivity contribution in [2.45, 2.75) is 66.5 Å². The predicted octanol–water partition coefficient (Wildman–Crippen LogP) is 5.28. The van der Waals surface area contributed by atoms with Crippen LogP contribution in [0.1, 0.15) is 60.8 Å². The van der Waals surface area contributed by atoms with Crippen LogP contribution in [0.3, 0.4) is 0 Å². The molecule has 0 nitrogen and oxygen atoms in total. The van der Waals surface area contributed by atoms with Crippen molar-refractivity contribution in [2.75, 3.05) is 19.0 Å². The Kier molecular flexibility index (Phi) is 4.17. The third-order valence-electron chi connectivity index (χ3n) is 4.80. The Bertz CT molecular complexity index is 220. The summed E-state index contributed by atoms with van der Waals surface area (Å²) in [4.78, 5) is 0. The minimum Gasteiger partial charge on any atom is -0.0598 e. The number of hydrogen-bond donors (Lipinski definition) is 0. The van der Waals surface area contributed by atoms with Crippen LogP contribution in [0.15, 0.2) is 0 Å². The summed E-state index contributed by atoms with van der Waals surface area (Å²) < 4.78 is 0. The zero-order valence-electron chi connectivity index (χ0n) is 12.6. The van der Waals surface area contributed by atoms with Crippen LogP contribution < -0.4 is 0 Å². The van der Waals surface area contributed by atoms with Crippen molar-refractivity contribution < 1.29 is 0 Å². The van der Waals surface area contributed by atoms with Crippen molar-refractivity contribution in [2.24, 2.45) is 10.8 Å². The lowest BCUT2D eigenvalue weighted by atomic mass is 9.72. The minimum atomic E-state index is -0.666. The highest BCUT2D eigenvalue weighted by molar-refractivity contribution is 7.75. The van der Waals surface area contributed by atoms with E-state index in [-0.39, 0.29) is 0 Å². The Morgan fingerprint density at radius 3 is 1.56 bits per heavy atom. The van der Waals surface area contributed by atoms with E-state index in [1.54, 1.807) is 0 Å². The molecule has 0 aromatic carbocycles. The fourth-order valence-electron chi connectivity index (χ4n) is 3.22. The molecule has 0 aromatic heterocycles. The van der Waals surface area contributed by atoms with Crippen LogP contribution in [-0.2, 0) is 0 Å². The molecule has 1 rings (SSSR count). The van der Waals surface area contributed by atoms with Crippen molar-refractivity contribution in [1.29, 1.82) is 0 Å². The van der Waals surface area contributed by atoms with Crippen LogP contribution in [-0.4, -0.2) is 24.6 Å². The molecule has 0 bridgehead atoms. The second-order valence-electron chi connectivity index (χ2n) is 8.03. The van der Waals surface area contributed by atoms with E-state index < -0.39 is 7.26 Å². The Morgan fingerprint density at radius 2 is 1.25 bits per heavy atom. The van der Waals surface area contributed by atoms with E-state index in [1.807, 2.05) is 0 Å². The molecule has 1 aliphatic heterocycles. The van der Waals surface area contributed by atoms with Crippen LogP contribution in [0.2, 0.25) is 0 Å². The minimum absolute atomic E-state index is 0.556. The standard InChI is InChI=1S/C15H32P/c1-13(2)16(7)10-8-14(3,4)12-15(5,6)9-11-16/h13H,8-12H2,1-7H3/q+1. The van der Waals surface area contributed by atoms with E-state index in [2.05, 4.69) is 48.2 Å². The molecule has 0 spiro atoms. The first-order valence-corrected chi connectivity index (χ1v) is 9.58. The molecule has 0 atom stereocenters. The van der Waals surface area contributed by atoms with E-state index in [0.29, 0.717) is 10.8 Å². The first-order valence-electron chi connectivity index (χ1n) is 6.91. The molecule has 0 N–H and O–H groups in total. The molecule has 1 aliphatic rings. The van der Waals surface area contributed by atoms with Gasteiger partial charge >= 0.3 is 0 Å². The maximum absolute atomic E-state index is 2.62. The molecule has 0 radical (unpaired) electrons. The van der Waals surface area contributed by atoms with E-state index in [0.717, 1.165) is 5.66 Å². The summed E-state index contributed by atoms with van der Waals surface area (Å²) in [7, 11) is -0.666. The van der Waals surface area contributed by atoms with Gasteiger partial charge in [0, 0.05) is 13.9 Å². The summed E-state index contributed by atoms with van der Waals surface area (Å²) in [6.45, 7) is 17.4. The molecule has 0 amide bonds. The second kappa shape index (κ2) is 4.60. The fourth-order valence-corrected chi connectivity index (χ4v) is 6.71. The molecule has 1 heteroatoms. The van der Waals surface area contributed by atoms with Gasteiger partial charge in [-0.1, -0.05) is 27.7 Å². The van der Waals surface area contributed by atoms with Crippen molar-refractivity contribution >= 4 is 7.26 Å². The predicted molar refractivity (Wildman–Crippen MR) is 79.1 cm³/mol. The molecular weight excluding hydrogens is 211 g/mol. The van der Waals surface area contributed by atoms with Gasteiger partial charge in [-0.15, -0.1) is 0 Å². The highest BCUT2D eigenvalue weighted by Gasteiger charge is 2.42. The number of hydrogen-bond acceptors (Lipinski definition) is 0. The smallest absolute Gasteiger partial charge is 0.0598 e. The second-order valence-corrected chi connectivity index (χ2v) is 12.9. The summed E-state index contributed by atoms with van der Waals surface area (Å²) in [5.74, 6) is 0. The van der Waals surface area contributed by atoms with Gasteiger partial charge in [-0.3, -0.25) is 0 Å². The Hall–Kier alpha value is 0.430. The SMILES string of the molecule is CC(C)[P+]1(C)CCC(C)(C)CC(C)(C)CC1. The van der Waals surface area contributed by atoms with Gasteiger partial charge in [-0.25, -0.2) is 0 Å². The normalized spacial score (nSPS) is 28.5. The first-order chi connectivity index (χ1) is 7.06. The summed E-state index contributed by atoms with van der Waals surface area (Å²) in [6.07, 6.45) is 7.33. The fraction of sp³-hybridized carbons (Fsp3) is 1.00. The zero-order valence-corrected chi connectivity index (χ0v) is 13.5. The summed E-state index contributed by atoms with van der Waals surface area (Å²) in [5.41, 5.74) is 2.04. The quantitative estimate of drug-likeness (QED) is 0.550. The largest absolute Gasteiger partial charge is 0.0638 e. The van der Waals surface area contributed by atoms with Crippen LogP contribution in [0.5, 0.6) is 0 Å². The van der Waals surface area contributed by atoms with Gasteiger partial charge in [-0.05, 0) is 43.9 Å². The molecule has 1 saturated heterocycles. The lowest BCUT2D eigenvalue weighted by molar-refractivity contribution is 0.180. The average molecular weight is 243 g/mol. The van der Waals surface area contributed by atoms with E-state index >= 15 is 0 Å². The lowest BCUT2D eigenvalue weighted by Crippen LogP contribution is -2.30. The van der Waals surface area contributed by atoms with Gasteiger partial charge < -0.3 is 0 Å². The first kappa shape index (κ1) is 14.5. The van der Waals surface area contributed by atoms with Crippen LogP contribution in [0.4, 0.5) is 0 Å². The molecule has 0 aliphatic carbocycles. The molecule has 0 aromatic rings. The topological polar surface area (TPSA) is 0 Å². The summed E-state index contributed by atoms with van der Waals surface area (Å²) in [5, 5.41) is 0. The summed E-state index contributed by atoms with van der Waals surface area (Å²) in [6, 6.07) is 0. The molecular formula is C15H32P+. The van der Waals surface area contributed by atoms with Crippen LogP contribution in [0, 0.1) is 10.8 Å². The molecule has 0 saturated carbocycles. The number of rotatable bonds is 1. The van der Waals surface area contributed by atoms with Gasteiger partial charge in [0.15, 0.2) is 0 Å². The van der Waals surface area contributed by atoms with Crippen molar-refractivity contribution in [3.63, 3.8) is 0 Å². The monoisotopic (exact) mass is 243 g/mol. The van der Waals surface area contributed by atoms with Crippen molar-refractivity contribution in [1.82, 2.24) is 0 Å².